The van der Waals surface area contributed by atoms with Gasteiger partial charge in [0.25, 0.3) is 5.91 Å². The Morgan fingerprint density at radius 2 is 1.89 bits per heavy atom. The van der Waals surface area contributed by atoms with Crippen LogP contribution in [0.15, 0.2) is 61.1 Å². The van der Waals surface area contributed by atoms with Gasteiger partial charge in [-0.1, -0.05) is 17.7 Å². The van der Waals surface area contributed by atoms with Crippen molar-refractivity contribution in [3.05, 3.63) is 82.9 Å². The van der Waals surface area contributed by atoms with Crippen molar-refractivity contribution in [1.82, 2.24) is 9.97 Å². The van der Waals surface area contributed by atoms with Crippen molar-refractivity contribution in [1.29, 1.82) is 0 Å². The van der Waals surface area contributed by atoms with Gasteiger partial charge in [0.2, 0.25) is 0 Å². The number of hydrogen-bond donors (Lipinski definition) is 1. The second kappa shape index (κ2) is 8.64. The molecule has 2 heterocycles. The van der Waals surface area contributed by atoms with Gasteiger partial charge < -0.3 is 10.2 Å². The Bertz CT molecular complexity index is 930. The van der Waals surface area contributed by atoms with Crippen LogP contribution < -0.4 is 10.2 Å². The number of aryl methyl sites for hydroxylation is 1. The first-order chi connectivity index (χ1) is 13.0. The zero-order valence-electron chi connectivity index (χ0n) is 15.3. The molecular weight excluding hydrogens is 360 g/mol. The third-order valence-corrected chi connectivity index (χ3v) is 4.74. The van der Waals surface area contributed by atoms with Crippen molar-refractivity contribution in [2.75, 3.05) is 23.8 Å². The standard InChI is InChI=1S/C21H21ClN4O/c1-15-3-4-17(13-19(15)22)25-21(27)20-14-18(7-11-24-20)26(2)12-8-16-5-9-23-10-6-16/h3-7,9-11,13-14H,8,12H2,1-2H3,(H,25,27). The normalized spacial score (nSPS) is 10.5. The Labute approximate surface area is 164 Å². The van der Waals surface area contributed by atoms with Crippen LogP contribution in [0.25, 0.3) is 0 Å². The summed E-state index contributed by atoms with van der Waals surface area (Å²) < 4.78 is 0. The van der Waals surface area contributed by atoms with E-state index in [0.717, 1.165) is 24.2 Å². The van der Waals surface area contributed by atoms with E-state index in [1.807, 2.05) is 44.3 Å². The molecule has 0 spiro atoms. The minimum atomic E-state index is -0.265. The summed E-state index contributed by atoms with van der Waals surface area (Å²) in [6, 6.07) is 13.1. The maximum atomic E-state index is 12.5. The Morgan fingerprint density at radius 1 is 1.11 bits per heavy atom. The Kier molecular flexibility index (Phi) is 6.04. The minimum Gasteiger partial charge on any atom is -0.374 e. The van der Waals surface area contributed by atoms with Gasteiger partial charge in [-0.2, -0.15) is 0 Å². The molecule has 0 aliphatic carbocycles. The largest absolute Gasteiger partial charge is 0.374 e. The molecule has 0 aliphatic heterocycles. The Morgan fingerprint density at radius 3 is 2.63 bits per heavy atom. The third-order valence-electron chi connectivity index (χ3n) is 4.33. The Balaban J connectivity index is 1.66. The lowest BCUT2D eigenvalue weighted by molar-refractivity contribution is 0.102. The van der Waals surface area contributed by atoms with Crippen molar-refractivity contribution in [3.8, 4) is 0 Å². The summed E-state index contributed by atoms with van der Waals surface area (Å²) >= 11 is 6.12. The average molecular weight is 381 g/mol. The number of nitrogens with zero attached hydrogens (tertiary/aromatic N) is 3. The number of likely N-dealkylation sites (N-methyl/N-ethyl adjacent to an activating group) is 1. The van der Waals surface area contributed by atoms with E-state index in [1.165, 1.54) is 5.56 Å². The van der Waals surface area contributed by atoms with Gasteiger partial charge in [-0.15, -0.1) is 0 Å². The number of carbonyl (C=O) groups is 1. The van der Waals surface area contributed by atoms with Crippen LogP contribution in [-0.4, -0.2) is 29.5 Å². The zero-order valence-corrected chi connectivity index (χ0v) is 16.1. The number of anilines is 2. The van der Waals surface area contributed by atoms with Crippen molar-refractivity contribution < 1.29 is 4.79 Å². The quantitative estimate of drug-likeness (QED) is 0.689. The number of nitrogens with one attached hydrogen (secondary N) is 1. The van der Waals surface area contributed by atoms with Gasteiger partial charge in [-0.25, -0.2) is 0 Å². The lowest BCUT2D eigenvalue weighted by Gasteiger charge is -2.19. The van der Waals surface area contributed by atoms with Crippen LogP contribution in [0.2, 0.25) is 5.02 Å². The van der Waals surface area contributed by atoms with E-state index in [-0.39, 0.29) is 5.91 Å². The van der Waals surface area contributed by atoms with Crippen molar-refractivity contribution in [2.45, 2.75) is 13.3 Å². The lowest BCUT2D eigenvalue weighted by Crippen LogP contribution is -2.21. The van der Waals surface area contributed by atoms with E-state index in [9.17, 15) is 4.79 Å². The molecule has 1 amide bonds. The summed E-state index contributed by atoms with van der Waals surface area (Å²) in [6.45, 7) is 2.74. The van der Waals surface area contributed by atoms with Crippen LogP contribution in [0.1, 0.15) is 21.6 Å². The fraction of sp³-hybridized carbons (Fsp3) is 0.190. The third kappa shape index (κ3) is 5.05. The molecule has 5 nitrogen and oxygen atoms in total. The van der Waals surface area contributed by atoms with Gasteiger partial charge in [0.05, 0.1) is 0 Å². The molecule has 138 valence electrons. The van der Waals surface area contributed by atoms with Crippen molar-refractivity contribution in [3.63, 3.8) is 0 Å². The molecule has 0 saturated carbocycles. The SMILES string of the molecule is Cc1ccc(NC(=O)c2cc(N(C)CCc3ccncc3)ccn2)cc1Cl. The maximum Gasteiger partial charge on any atom is 0.274 e. The fourth-order valence-electron chi connectivity index (χ4n) is 2.62. The number of carbonyl (C=O) groups excluding carboxylic acids is 1. The number of amides is 1. The van der Waals surface area contributed by atoms with Gasteiger partial charge in [0, 0.05) is 48.6 Å². The van der Waals surface area contributed by atoms with Crippen LogP contribution in [0.4, 0.5) is 11.4 Å². The maximum absolute atomic E-state index is 12.5. The molecule has 0 aliphatic rings. The monoisotopic (exact) mass is 380 g/mol. The summed E-state index contributed by atoms with van der Waals surface area (Å²) in [5, 5.41) is 3.45. The van der Waals surface area contributed by atoms with Crippen molar-refractivity contribution >= 4 is 28.9 Å². The van der Waals surface area contributed by atoms with Gasteiger partial charge >= 0.3 is 0 Å². The van der Waals surface area contributed by atoms with Gasteiger partial charge in [-0.05, 0) is 60.9 Å². The van der Waals surface area contributed by atoms with E-state index in [1.54, 1.807) is 30.7 Å². The van der Waals surface area contributed by atoms with E-state index < -0.39 is 0 Å². The molecule has 0 unspecified atom stereocenters. The molecule has 0 bridgehead atoms. The number of hydrogen-bond acceptors (Lipinski definition) is 4. The molecule has 0 radical (unpaired) electrons. The number of benzene rings is 1. The second-order valence-corrected chi connectivity index (χ2v) is 6.75. The molecule has 0 saturated heterocycles. The minimum absolute atomic E-state index is 0.265. The van der Waals surface area contributed by atoms with E-state index in [4.69, 9.17) is 11.6 Å². The molecule has 3 rings (SSSR count). The fourth-order valence-corrected chi connectivity index (χ4v) is 2.80. The first-order valence-corrected chi connectivity index (χ1v) is 9.04. The summed E-state index contributed by atoms with van der Waals surface area (Å²) in [5.74, 6) is -0.265. The highest BCUT2D eigenvalue weighted by atomic mass is 35.5. The molecular formula is C21H21ClN4O. The number of pyridine rings is 2. The van der Waals surface area contributed by atoms with E-state index in [2.05, 4.69) is 20.2 Å². The average Bonchev–Trinajstić information content (AvgIpc) is 2.70. The zero-order chi connectivity index (χ0) is 19.2. The number of aromatic nitrogens is 2. The smallest absolute Gasteiger partial charge is 0.274 e. The van der Waals surface area contributed by atoms with Crippen LogP contribution in [0, 0.1) is 6.92 Å². The van der Waals surface area contributed by atoms with Gasteiger partial charge in [-0.3, -0.25) is 14.8 Å². The van der Waals surface area contributed by atoms with E-state index >= 15 is 0 Å². The molecule has 6 heteroatoms. The van der Waals surface area contributed by atoms with Crippen LogP contribution >= 0.6 is 11.6 Å². The molecule has 0 fully saturated rings. The first kappa shape index (κ1) is 18.9. The van der Waals surface area contributed by atoms with Crippen LogP contribution in [0.3, 0.4) is 0 Å². The van der Waals surface area contributed by atoms with Crippen LogP contribution in [0.5, 0.6) is 0 Å². The molecule has 1 aromatic carbocycles. The topological polar surface area (TPSA) is 58.1 Å². The highest BCUT2D eigenvalue weighted by molar-refractivity contribution is 6.31. The summed E-state index contributed by atoms with van der Waals surface area (Å²) in [7, 11) is 2.00. The number of rotatable bonds is 6. The first-order valence-electron chi connectivity index (χ1n) is 8.66. The molecule has 0 atom stereocenters. The molecule has 27 heavy (non-hydrogen) atoms. The van der Waals surface area contributed by atoms with Crippen molar-refractivity contribution in [2.24, 2.45) is 0 Å². The van der Waals surface area contributed by atoms with Gasteiger partial charge in [0.1, 0.15) is 5.69 Å². The molecule has 3 aromatic rings. The second-order valence-electron chi connectivity index (χ2n) is 6.34. The van der Waals surface area contributed by atoms with E-state index in [0.29, 0.717) is 16.4 Å². The Hall–Kier alpha value is -2.92. The van der Waals surface area contributed by atoms with Crippen LogP contribution in [-0.2, 0) is 6.42 Å². The summed E-state index contributed by atoms with van der Waals surface area (Å²) in [5.41, 5.74) is 4.13. The highest BCUT2D eigenvalue weighted by Gasteiger charge is 2.11. The highest BCUT2D eigenvalue weighted by Crippen LogP contribution is 2.21. The molecule has 2 aromatic heterocycles. The summed E-state index contributed by atoms with van der Waals surface area (Å²) in [6.07, 6.45) is 6.13. The predicted octanol–water partition coefficient (Wildman–Crippen LogP) is 4.37. The molecule has 1 N–H and O–H groups in total. The summed E-state index contributed by atoms with van der Waals surface area (Å²) in [4.78, 5) is 22.8. The number of halogens is 1. The predicted molar refractivity (Wildman–Crippen MR) is 110 cm³/mol. The van der Waals surface area contributed by atoms with Gasteiger partial charge in [0.15, 0.2) is 0 Å². The lowest BCUT2D eigenvalue weighted by atomic mass is 10.2.